The summed E-state index contributed by atoms with van der Waals surface area (Å²) >= 11 is 0. The highest BCUT2D eigenvalue weighted by molar-refractivity contribution is 5.92. The van der Waals surface area contributed by atoms with Gasteiger partial charge in [-0.3, -0.25) is 9.69 Å². The van der Waals surface area contributed by atoms with Crippen molar-refractivity contribution in [2.24, 2.45) is 0 Å². The molecule has 12 nitrogen and oxygen atoms in total. The van der Waals surface area contributed by atoms with Crippen LogP contribution in [0.25, 0.3) is 5.95 Å². The number of benzene rings is 1. The lowest BCUT2D eigenvalue weighted by molar-refractivity contribution is -0.139. The third-order valence-corrected chi connectivity index (χ3v) is 6.99. The van der Waals surface area contributed by atoms with Crippen LogP contribution in [-0.4, -0.2) is 96.8 Å². The first-order valence-corrected chi connectivity index (χ1v) is 12.0. The number of esters is 1. The number of nitrogens with zero attached hydrogens (tertiary/aromatic N) is 8. The van der Waals surface area contributed by atoms with Gasteiger partial charge in [0.2, 0.25) is 5.91 Å². The summed E-state index contributed by atoms with van der Waals surface area (Å²) in [5.41, 5.74) is 3.49. The van der Waals surface area contributed by atoms with Crippen molar-refractivity contribution in [3.8, 4) is 5.95 Å². The Morgan fingerprint density at radius 1 is 1.17 bits per heavy atom. The number of morpholine rings is 1. The van der Waals surface area contributed by atoms with Gasteiger partial charge in [0.1, 0.15) is 12.4 Å². The van der Waals surface area contributed by atoms with Gasteiger partial charge in [-0.25, -0.2) is 14.8 Å². The van der Waals surface area contributed by atoms with E-state index in [1.807, 2.05) is 24.0 Å². The van der Waals surface area contributed by atoms with Crippen molar-refractivity contribution in [3.05, 3.63) is 59.2 Å². The molecule has 0 radical (unpaired) electrons. The second-order valence-corrected chi connectivity index (χ2v) is 9.47. The molecule has 3 aliphatic rings. The van der Waals surface area contributed by atoms with Crippen LogP contribution in [0.1, 0.15) is 40.1 Å². The summed E-state index contributed by atoms with van der Waals surface area (Å²) in [6, 6.07) is 6.06. The monoisotopic (exact) mass is 490 g/mol. The summed E-state index contributed by atoms with van der Waals surface area (Å²) in [7, 11) is 0. The van der Waals surface area contributed by atoms with Crippen molar-refractivity contribution < 1.29 is 19.1 Å². The molecular formula is C24H26N8O4. The number of cyclic esters (lactones) is 1. The molecule has 12 heteroatoms. The van der Waals surface area contributed by atoms with Crippen LogP contribution < -0.4 is 0 Å². The Morgan fingerprint density at radius 3 is 2.83 bits per heavy atom. The van der Waals surface area contributed by atoms with Crippen molar-refractivity contribution >= 4 is 11.9 Å². The number of carbonyl (C=O) groups excluding carboxylic acids is 2. The molecule has 36 heavy (non-hydrogen) atoms. The Morgan fingerprint density at radius 2 is 2.03 bits per heavy atom. The number of hydrogen-bond acceptors (Lipinski definition) is 10. The largest absolute Gasteiger partial charge is 0.459 e. The molecule has 1 unspecified atom stereocenters. The van der Waals surface area contributed by atoms with E-state index in [0.29, 0.717) is 31.2 Å². The van der Waals surface area contributed by atoms with E-state index in [0.717, 1.165) is 36.2 Å². The van der Waals surface area contributed by atoms with Gasteiger partial charge in [0.25, 0.3) is 5.95 Å². The Hall–Kier alpha value is -3.77. The first-order valence-electron chi connectivity index (χ1n) is 12.0. The summed E-state index contributed by atoms with van der Waals surface area (Å²) in [5, 5.41) is 10.9. The SMILES string of the molecule is CC1Cc2cc([C@@H]3CN4CCN(C(=O)Cc5cnc(-n6cnnn6)nc5)C[C@H]4CO3)ccc2C(=O)O1. The minimum Gasteiger partial charge on any atom is -0.459 e. The summed E-state index contributed by atoms with van der Waals surface area (Å²) in [5.74, 6) is 0.147. The van der Waals surface area contributed by atoms with E-state index in [-0.39, 0.29) is 36.5 Å². The highest BCUT2D eigenvalue weighted by Gasteiger charge is 2.36. The van der Waals surface area contributed by atoms with E-state index >= 15 is 0 Å². The second-order valence-electron chi connectivity index (χ2n) is 9.47. The van der Waals surface area contributed by atoms with E-state index in [2.05, 4.69) is 36.5 Å². The van der Waals surface area contributed by atoms with E-state index < -0.39 is 0 Å². The Kier molecular flexibility index (Phi) is 5.89. The third kappa shape index (κ3) is 4.44. The number of rotatable bonds is 4. The standard InChI is InChI=1S/C24H26N8O4/c1-15-6-18-8-17(2-3-20(18)23(34)36-15)21-12-30-4-5-31(11-19(30)13-35-21)22(33)7-16-9-25-24(26-10-16)32-14-27-28-29-32/h2-3,8-10,14-15,19,21H,4-7,11-13H2,1H3/t15?,19-,21-/m0/s1. The van der Waals surface area contributed by atoms with Gasteiger partial charge >= 0.3 is 5.97 Å². The topological polar surface area (TPSA) is 128 Å². The molecule has 0 bridgehead atoms. The summed E-state index contributed by atoms with van der Waals surface area (Å²) in [4.78, 5) is 37.9. The van der Waals surface area contributed by atoms with Crippen LogP contribution in [0.15, 0.2) is 36.9 Å². The number of amides is 1. The normalized spacial score (nSPS) is 24.1. The molecule has 3 atom stereocenters. The first-order chi connectivity index (χ1) is 17.5. The number of aromatic nitrogens is 6. The molecule has 186 valence electrons. The molecule has 1 amide bonds. The smallest absolute Gasteiger partial charge is 0.338 e. The van der Waals surface area contributed by atoms with Crippen molar-refractivity contribution in [1.29, 1.82) is 0 Å². The average molecular weight is 491 g/mol. The fourth-order valence-corrected chi connectivity index (χ4v) is 5.09. The Bertz CT molecular complexity index is 1270. The second kappa shape index (κ2) is 9.36. The maximum atomic E-state index is 13.0. The van der Waals surface area contributed by atoms with Crippen molar-refractivity contribution in [3.63, 3.8) is 0 Å². The van der Waals surface area contributed by atoms with Gasteiger partial charge in [0.15, 0.2) is 0 Å². The number of hydrogen-bond donors (Lipinski definition) is 0. The van der Waals surface area contributed by atoms with Gasteiger partial charge < -0.3 is 14.4 Å². The zero-order valence-corrected chi connectivity index (χ0v) is 19.9. The molecule has 0 saturated carbocycles. The Balaban J connectivity index is 1.05. The highest BCUT2D eigenvalue weighted by Crippen LogP contribution is 2.30. The van der Waals surface area contributed by atoms with Gasteiger partial charge in [-0.05, 0) is 40.1 Å². The minimum absolute atomic E-state index is 0.0474. The van der Waals surface area contributed by atoms with Crippen LogP contribution in [0.3, 0.4) is 0 Å². The van der Waals surface area contributed by atoms with Gasteiger partial charge in [-0.1, -0.05) is 12.1 Å². The lowest BCUT2D eigenvalue weighted by atomic mass is 9.94. The van der Waals surface area contributed by atoms with Crippen molar-refractivity contribution in [2.45, 2.75) is 38.0 Å². The molecule has 0 N–H and O–H groups in total. The number of carbonyl (C=O) groups is 2. The van der Waals surface area contributed by atoms with E-state index in [4.69, 9.17) is 9.47 Å². The predicted octanol–water partition coefficient (Wildman–Crippen LogP) is 0.381. The zero-order chi connectivity index (χ0) is 24.6. The molecule has 2 fully saturated rings. The first kappa shape index (κ1) is 22.7. The number of piperazine rings is 1. The fraction of sp³-hybridized carbons (Fsp3) is 0.458. The Labute approximate surface area is 207 Å². The maximum Gasteiger partial charge on any atom is 0.338 e. The number of tetrazole rings is 1. The summed E-state index contributed by atoms with van der Waals surface area (Å²) < 4.78 is 12.9. The summed E-state index contributed by atoms with van der Waals surface area (Å²) in [6.07, 6.45) is 5.46. The van der Waals surface area contributed by atoms with Crippen LogP contribution >= 0.6 is 0 Å². The molecule has 6 rings (SSSR count). The van der Waals surface area contributed by atoms with Crippen LogP contribution in [-0.2, 0) is 27.1 Å². The molecular weight excluding hydrogens is 464 g/mol. The number of fused-ring (bicyclic) bond motifs is 2. The number of ether oxygens (including phenoxy) is 2. The highest BCUT2D eigenvalue weighted by atomic mass is 16.5. The van der Waals surface area contributed by atoms with Gasteiger partial charge in [-0.15, -0.1) is 5.10 Å². The van der Waals surface area contributed by atoms with Crippen LogP contribution in [0.2, 0.25) is 0 Å². The van der Waals surface area contributed by atoms with Crippen molar-refractivity contribution in [2.75, 3.05) is 32.8 Å². The lowest BCUT2D eigenvalue weighted by Crippen LogP contribution is -2.59. The van der Waals surface area contributed by atoms with Gasteiger partial charge in [0, 0.05) is 45.0 Å². The molecule has 0 spiro atoms. The van der Waals surface area contributed by atoms with Crippen molar-refractivity contribution in [1.82, 2.24) is 40.0 Å². The van der Waals surface area contributed by atoms with E-state index in [1.54, 1.807) is 12.4 Å². The molecule has 2 saturated heterocycles. The predicted molar refractivity (Wildman–Crippen MR) is 124 cm³/mol. The lowest BCUT2D eigenvalue weighted by Gasteiger charge is -2.46. The zero-order valence-electron chi connectivity index (χ0n) is 19.9. The maximum absolute atomic E-state index is 13.0. The van der Waals surface area contributed by atoms with Gasteiger partial charge in [0.05, 0.1) is 30.7 Å². The van der Waals surface area contributed by atoms with E-state index in [9.17, 15) is 9.59 Å². The van der Waals surface area contributed by atoms with E-state index in [1.165, 1.54) is 11.0 Å². The molecule has 0 aliphatic carbocycles. The molecule has 5 heterocycles. The molecule has 3 aliphatic heterocycles. The van der Waals surface area contributed by atoms with Crippen LogP contribution in [0.4, 0.5) is 0 Å². The molecule has 3 aromatic rings. The summed E-state index contributed by atoms with van der Waals surface area (Å²) in [6.45, 7) is 5.31. The quantitative estimate of drug-likeness (QED) is 0.473. The molecule has 1 aromatic carbocycles. The average Bonchev–Trinajstić information content (AvgIpc) is 3.43. The third-order valence-electron chi connectivity index (χ3n) is 6.99. The van der Waals surface area contributed by atoms with Gasteiger partial charge in [-0.2, -0.15) is 4.68 Å². The van der Waals surface area contributed by atoms with Crippen LogP contribution in [0.5, 0.6) is 0 Å². The molecule has 2 aromatic heterocycles. The fourth-order valence-electron chi connectivity index (χ4n) is 5.09. The van der Waals surface area contributed by atoms with Crippen LogP contribution in [0, 0.1) is 0 Å². The minimum atomic E-state index is -0.254.